The Bertz CT molecular complexity index is 1090. The first-order valence-electron chi connectivity index (χ1n) is 10.9. The third kappa shape index (κ3) is 5.87. The van der Waals surface area contributed by atoms with Gasteiger partial charge in [0, 0.05) is 49.7 Å². The van der Waals surface area contributed by atoms with Crippen molar-refractivity contribution in [3.05, 3.63) is 93.4 Å². The Balaban J connectivity index is 1.31. The van der Waals surface area contributed by atoms with Crippen LogP contribution < -0.4 is 5.56 Å². The Morgan fingerprint density at radius 3 is 2.22 bits per heavy atom. The molecule has 1 saturated heterocycles. The van der Waals surface area contributed by atoms with E-state index in [-0.39, 0.29) is 17.9 Å². The summed E-state index contributed by atoms with van der Waals surface area (Å²) in [6.07, 6.45) is 0.0937. The Hall–Kier alpha value is -2.90. The minimum atomic E-state index is -0.218. The lowest BCUT2D eigenvalue weighted by Crippen LogP contribution is -2.49. The molecule has 1 aliphatic heterocycles. The van der Waals surface area contributed by atoms with Crippen molar-refractivity contribution in [2.45, 2.75) is 30.8 Å². The second-order valence-corrected chi connectivity index (χ2v) is 8.99. The Labute approximate surface area is 192 Å². The van der Waals surface area contributed by atoms with E-state index < -0.39 is 0 Å². The van der Waals surface area contributed by atoms with Gasteiger partial charge in [-0.25, -0.2) is 4.98 Å². The van der Waals surface area contributed by atoms with Crippen molar-refractivity contribution >= 4 is 17.7 Å². The van der Waals surface area contributed by atoms with Crippen LogP contribution in [-0.4, -0.2) is 51.9 Å². The number of nitrogens with one attached hydrogen (secondary N) is 1. The number of hydrogen-bond acceptors (Lipinski definition) is 5. The molecule has 1 N–H and O–H groups in total. The lowest BCUT2D eigenvalue weighted by atomic mass is 10.1. The lowest BCUT2D eigenvalue weighted by molar-refractivity contribution is -0.132. The van der Waals surface area contributed by atoms with Gasteiger partial charge in [-0.3, -0.25) is 14.5 Å². The molecule has 3 aromatic rings. The fourth-order valence-corrected chi connectivity index (χ4v) is 4.71. The SMILES string of the molecule is Cc1nc(SCc2ccccc2)[nH]c(=O)c1CC(=O)N1CCN(Cc2ccccc2)CC1. The standard InChI is InChI=1S/C25H28N4O2S/c1-19-22(24(31)27-25(26-19)32-18-21-10-6-3-7-11-21)16-23(30)29-14-12-28(13-15-29)17-20-8-4-2-5-9-20/h2-11H,12-18H2,1H3,(H,26,27,31). The number of aromatic amines is 1. The summed E-state index contributed by atoms with van der Waals surface area (Å²) in [5, 5.41) is 0.585. The molecular formula is C25H28N4O2S. The van der Waals surface area contributed by atoms with Crippen molar-refractivity contribution in [2.24, 2.45) is 0 Å². The molecule has 1 aliphatic rings. The van der Waals surface area contributed by atoms with E-state index in [2.05, 4.69) is 39.1 Å². The second-order valence-electron chi connectivity index (χ2n) is 8.03. The average Bonchev–Trinajstić information content (AvgIpc) is 2.82. The van der Waals surface area contributed by atoms with Crippen LogP contribution in [0.25, 0.3) is 0 Å². The van der Waals surface area contributed by atoms with Gasteiger partial charge in [0.05, 0.1) is 6.42 Å². The molecule has 0 aliphatic carbocycles. The van der Waals surface area contributed by atoms with Crippen LogP contribution in [-0.2, 0) is 23.5 Å². The van der Waals surface area contributed by atoms with Crippen LogP contribution in [0.1, 0.15) is 22.4 Å². The van der Waals surface area contributed by atoms with Gasteiger partial charge >= 0.3 is 0 Å². The van der Waals surface area contributed by atoms with Crippen molar-refractivity contribution in [1.82, 2.24) is 19.8 Å². The minimum Gasteiger partial charge on any atom is -0.340 e. The lowest BCUT2D eigenvalue weighted by Gasteiger charge is -2.34. The Kier molecular flexibility index (Phi) is 7.39. The maximum atomic E-state index is 12.9. The second kappa shape index (κ2) is 10.6. The van der Waals surface area contributed by atoms with Crippen LogP contribution in [0.4, 0.5) is 0 Å². The molecule has 0 bridgehead atoms. The van der Waals surface area contributed by atoms with Gasteiger partial charge in [-0.2, -0.15) is 0 Å². The van der Waals surface area contributed by atoms with E-state index in [4.69, 9.17) is 0 Å². The number of benzene rings is 2. The fraction of sp³-hybridized carbons (Fsp3) is 0.320. The topological polar surface area (TPSA) is 69.3 Å². The summed E-state index contributed by atoms with van der Waals surface area (Å²) in [5.41, 5.74) is 3.32. The maximum Gasteiger partial charge on any atom is 0.255 e. The number of aryl methyl sites for hydroxylation is 1. The number of aromatic nitrogens is 2. The molecule has 0 atom stereocenters. The van der Waals surface area contributed by atoms with Gasteiger partial charge in [-0.1, -0.05) is 72.4 Å². The summed E-state index contributed by atoms with van der Waals surface area (Å²) < 4.78 is 0. The quantitative estimate of drug-likeness (QED) is 0.444. The molecule has 2 aromatic carbocycles. The highest BCUT2D eigenvalue weighted by Crippen LogP contribution is 2.19. The predicted molar refractivity (Wildman–Crippen MR) is 128 cm³/mol. The normalized spacial score (nSPS) is 14.5. The first-order valence-corrected chi connectivity index (χ1v) is 11.9. The van der Waals surface area contributed by atoms with Crippen LogP contribution in [0.5, 0.6) is 0 Å². The highest BCUT2D eigenvalue weighted by atomic mass is 32.2. The molecule has 7 heteroatoms. The minimum absolute atomic E-state index is 0.00977. The largest absolute Gasteiger partial charge is 0.340 e. The Morgan fingerprint density at radius 1 is 0.969 bits per heavy atom. The number of carbonyl (C=O) groups excluding carboxylic acids is 1. The summed E-state index contributed by atoms with van der Waals surface area (Å²) in [6.45, 7) is 5.74. The highest BCUT2D eigenvalue weighted by Gasteiger charge is 2.23. The van der Waals surface area contributed by atoms with E-state index in [1.807, 2.05) is 48.2 Å². The summed E-state index contributed by atoms with van der Waals surface area (Å²) in [7, 11) is 0. The van der Waals surface area contributed by atoms with E-state index in [1.54, 1.807) is 0 Å². The number of rotatable bonds is 7. The molecule has 0 saturated carbocycles. The van der Waals surface area contributed by atoms with E-state index in [0.717, 1.165) is 25.4 Å². The number of thioether (sulfide) groups is 1. The zero-order valence-electron chi connectivity index (χ0n) is 18.3. The van der Waals surface area contributed by atoms with Crippen molar-refractivity contribution in [2.75, 3.05) is 26.2 Å². The zero-order valence-corrected chi connectivity index (χ0v) is 19.1. The molecule has 4 rings (SSSR count). The maximum absolute atomic E-state index is 12.9. The van der Waals surface area contributed by atoms with Crippen LogP contribution >= 0.6 is 11.8 Å². The van der Waals surface area contributed by atoms with E-state index >= 15 is 0 Å². The number of carbonyl (C=O) groups is 1. The highest BCUT2D eigenvalue weighted by molar-refractivity contribution is 7.98. The molecule has 2 heterocycles. The number of amides is 1. The van der Waals surface area contributed by atoms with Crippen LogP contribution in [0.15, 0.2) is 70.6 Å². The summed E-state index contributed by atoms with van der Waals surface area (Å²) >= 11 is 1.49. The molecule has 1 amide bonds. The molecule has 166 valence electrons. The van der Waals surface area contributed by atoms with Crippen molar-refractivity contribution < 1.29 is 4.79 Å². The van der Waals surface area contributed by atoms with Crippen molar-refractivity contribution in [3.8, 4) is 0 Å². The van der Waals surface area contributed by atoms with E-state index in [0.29, 0.717) is 29.5 Å². The molecule has 1 aromatic heterocycles. The predicted octanol–water partition coefficient (Wildman–Crippen LogP) is 3.26. The van der Waals surface area contributed by atoms with Gasteiger partial charge in [-0.05, 0) is 18.1 Å². The molecule has 1 fully saturated rings. The van der Waals surface area contributed by atoms with Gasteiger partial charge in [0.15, 0.2) is 5.16 Å². The van der Waals surface area contributed by atoms with Gasteiger partial charge in [-0.15, -0.1) is 0 Å². The third-order valence-corrected chi connectivity index (χ3v) is 6.67. The van der Waals surface area contributed by atoms with Crippen LogP contribution in [0, 0.1) is 6.92 Å². The number of H-pyrrole nitrogens is 1. The zero-order chi connectivity index (χ0) is 22.3. The van der Waals surface area contributed by atoms with Crippen LogP contribution in [0.2, 0.25) is 0 Å². The summed E-state index contributed by atoms with van der Waals surface area (Å²) in [4.78, 5) is 37.1. The van der Waals surface area contributed by atoms with Gasteiger partial charge in [0.1, 0.15) is 0 Å². The van der Waals surface area contributed by atoms with Crippen molar-refractivity contribution in [3.63, 3.8) is 0 Å². The summed E-state index contributed by atoms with van der Waals surface area (Å²) in [5.74, 6) is 0.721. The summed E-state index contributed by atoms with van der Waals surface area (Å²) in [6, 6.07) is 20.4. The first-order chi connectivity index (χ1) is 15.6. The molecule has 32 heavy (non-hydrogen) atoms. The third-order valence-electron chi connectivity index (χ3n) is 5.72. The molecule has 6 nitrogen and oxygen atoms in total. The fourth-order valence-electron chi connectivity index (χ4n) is 3.85. The molecule has 0 radical (unpaired) electrons. The smallest absolute Gasteiger partial charge is 0.255 e. The number of hydrogen-bond donors (Lipinski definition) is 1. The van der Waals surface area contributed by atoms with Crippen LogP contribution in [0.3, 0.4) is 0 Å². The average molecular weight is 449 g/mol. The molecule has 0 unspecified atom stereocenters. The monoisotopic (exact) mass is 448 g/mol. The van der Waals surface area contributed by atoms with E-state index in [9.17, 15) is 9.59 Å². The van der Waals surface area contributed by atoms with Gasteiger partial charge in [0.2, 0.25) is 5.91 Å². The number of piperazine rings is 1. The Morgan fingerprint density at radius 2 is 1.59 bits per heavy atom. The van der Waals surface area contributed by atoms with Gasteiger partial charge in [0.25, 0.3) is 5.56 Å². The molecular weight excluding hydrogens is 420 g/mol. The van der Waals surface area contributed by atoms with Gasteiger partial charge < -0.3 is 9.88 Å². The number of nitrogens with zero attached hydrogens (tertiary/aromatic N) is 3. The van der Waals surface area contributed by atoms with E-state index in [1.165, 1.54) is 22.9 Å². The first kappa shape index (κ1) is 22.3. The molecule has 0 spiro atoms. The van der Waals surface area contributed by atoms with Crippen molar-refractivity contribution in [1.29, 1.82) is 0 Å².